The van der Waals surface area contributed by atoms with Gasteiger partial charge in [-0.3, -0.25) is 4.79 Å². The summed E-state index contributed by atoms with van der Waals surface area (Å²) in [5.74, 6) is 0.711. The maximum atomic E-state index is 11.5. The summed E-state index contributed by atoms with van der Waals surface area (Å²) in [4.78, 5) is 15.6. The molecule has 1 aliphatic rings. The lowest BCUT2D eigenvalue weighted by molar-refractivity contribution is -0.121. The van der Waals surface area contributed by atoms with Gasteiger partial charge in [-0.2, -0.15) is 0 Å². The second-order valence-corrected chi connectivity index (χ2v) is 5.00. The van der Waals surface area contributed by atoms with Gasteiger partial charge in [-0.15, -0.1) is 36.2 Å². The average Bonchev–Trinajstić information content (AvgIpc) is 3.01. The van der Waals surface area contributed by atoms with E-state index in [1.165, 1.54) is 12.8 Å². The molecule has 0 radical (unpaired) electrons. The summed E-state index contributed by atoms with van der Waals surface area (Å²) in [6.45, 7) is 0.612. The number of hydrogen-bond donors (Lipinski definition) is 2. The van der Waals surface area contributed by atoms with Crippen LogP contribution < -0.4 is 11.1 Å². The van der Waals surface area contributed by atoms with Crippen LogP contribution in [0.25, 0.3) is 0 Å². The Morgan fingerprint density at radius 1 is 1.56 bits per heavy atom. The SMILES string of the molecule is Cl.Cl.NC(CNC(=O)CCc1cscn1)C1CC1. The van der Waals surface area contributed by atoms with Crippen LogP contribution in [0.5, 0.6) is 0 Å². The molecule has 1 aliphatic carbocycles. The van der Waals surface area contributed by atoms with E-state index >= 15 is 0 Å². The van der Waals surface area contributed by atoms with Crippen molar-refractivity contribution in [1.29, 1.82) is 0 Å². The Hall–Kier alpha value is -0.360. The molecule has 1 unspecified atom stereocenters. The molecule has 0 saturated heterocycles. The Bertz CT molecular complexity index is 344. The number of carbonyl (C=O) groups is 1. The molecular weight excluding hydrogens is 293 g/mol. The zero-order chi connectivity index (χ0) is 11.4. The second kappa shape index (κ2) is 8.69. The lowest BCUT2D eigenvalue weighted by Crippen LogP contribution is -2.38. The number of aryl methyl sites for hydroxylation is 1. The van der Waals surface area contributed by atoms with E-state index in [0.717, 1.165) is 5.69 Å². The normalized spacial score (nSPS) is 15.2. The van der Waals surface area contributed by atoms with Crippen LogP contribution in [0.15, 0.2) is 10.9 Å². The summed E-state index contributed by atoms with van der Waals surface area (Å²) in [5, 5.41) is 4.85. The number of hydrogen-bond acceptors (Lipinski definition) is 4. The standard InChI is InChI=1S/C11H17N3OS.2ClH/c12-10(8-1-2-8)5-13-11(15)4-3-9-6-16-7-14-9;;/h6-8,10H,1-5,12H2,(H,13,15);2*1H. The van der Waals surface area contributed by atoms with E-state index in [1.54, 1.807) is 16.8 Å². The van der Waals surface area contributed by atoms with Gasteiger partial charge in [0.15, 0.2) is 0 Å². The summed E-state index contributed by atoms with van der Waals surface area (Å²) in [7, 11) is 0. The van der Waals surface area contributed by atoms with Crippen molar-refractivity contribution < 1.29 is 4.79 Å². The van der Waals surface area contributed by atoms with Crippen molar-refractivity contribution in [3.8, 4) is 0 Å². The summed E-state index contributed by atoms with van der Waals surface area (Å²) >= 11 is 1.56. The third-order valence-corrected chi connectivity index (χ3v) is 3.49. The quantitative estimate of drug-likeness (QED) is 0.841. The molecule has 0 spiro atoms. The largest absolute Gasteiger partial charge is 0.355 e. The topological polar surface area (TPSA) is 68.0 Å². The molecule has 0 aromatic carbocycles. The van der Waals surface area contributed by atoms with Crippen molar-refractivity contribution in [3.05, 3.63) is 16.6 Å². The van der Waals surface area contributed by atoms with E-state index in [2.05, 4.69) is 10.3 Å². The molecule has 1 saturated carbocycles. The van der Waals surface area contributed by atoms with Crippen molar-refractivity contribution in [3.63, 3.8) is 0 Å². The van der Waals surface area contributed by atoms with Crippen molar-refractivity contribution in [2.45, 2.75) is 31.7 Å². The van der Waals surface area contributed by atoms with Gasteiger partial charge in [0.1, 0.15) is 0 Å². The molecule has 1 amide bonds. The van der Waals surface area contributed by atoms with Crippen LogP contribution in [0, 0.1) is 5.92 Å². The van der Waals surface area contributed by atoms with Crippen LogP contribution in [0.2, 0.25) is 0 Å². The first kappa shape index (κ1) is 17.6. The zero-order valence-corrected chi connectivity index (χ0v) is 12.5. The van der Waals surface area contributed by atoms with Gasteiger partial charge < -0.3 is 11.1 Å². The van der Waals surface area contributed by atoms with Crippen LogP contribution in [0.3, 0.4) is 0 Å². The van der Waals surface area contributed by atoms with E-state index < -0.39 is 0 Å². The smallest absolute Gasteiger partial charge is 0.220 e. The molecule has 3 N–H and O–H groups in total. The van der Waals surface area contributed by atoms with Crippen LogP contribution in [-0.2, 0) is 11.2 Å². The highest BCUT2D eigenvalue weighted by Gasteiger charge is 2.28. The molecular formula is C11H19Cl2N3OS. The Morgan fingerprint density at radius 3 is 2.83 bits per heavy atom. The molecule has 104 valence electrons. The molecule has 4 nitrogen and oxygen atoms in total. The fourth-order valence-corrected chi connectivity index (χ4v) is 2.21. The minimum absolute atomic E-state index is 0. The lowest BCUT2D eigenvalue weighted by atomic mass is 10.2. The highest BCUT2D eigenvalue weighted by Crippen LogP contribution is 2.31. The van der Waals surface area contributed by atoms with Gasteiger partial charge in [0.25, 0.3) is 0 Å². The Labute approximate surface area is 124 Å². The van der Waals surface area contributed by atoms with Crippen molar-refractivity contribution >= 4 is 42.1 Å². The molecule has 1 heterocycles. The molecule has 18 heavy (non-hydrogen) atoms. The highest BCUT2D eigenvalue weighted by molar-refractivity contribution is 7.07. The predicted molar refractivity (Wildman–Crippen MR) is 78.6 cm³/mol. The van der Waals surface area contributed by atoms with E-state index in [-0.39, 0.29) is 36.8 Å². The minimum Gasteiger partial charge on any atom is -0.355 e. The summed E-state index contributed by atoms with van der Waals surface area (Å²) in [6.07, 6.45) is 3.65. The lowest BCUT2D eigenvalue weighted by Gasteiger charge is -2.11. The van der Waals surface area contributed by atoms with Gasteiger partial charge in [0, 0.05) is 24.4 Å². The van der Waals surface area contributed by atoms with Gasteiger partial charge in [-0.05, 0) is 25.2 Å². The van der Waals surface area contributed by atoms with Gasteiger partial charge in [0.2, 0.25) is 5.91 Å². The molecule has 1 aromatic heterocycles. The van der Waals surface area contributed by atoms with Crippen LogP contribution >= 0.6 is 36.2 Å². The maximum absolute atomic E-state index is 11.5. The van der Waals surface area contributed by atoms with Crippen molar-refractivity contribution in [1.82, 2.24) is 10.3 Å². The first-order valence-corrected chi connectivity index (χ1v) is 6.59. The Balaban J connectivity index is 0.00000144. The first-order valence-electron chi connectivity index (χ1n) is 5.65. The summed E-state index contributed by atoms with van der Waals surface area (Å²) in [5.41, 5.74) is 8.67. The maximum Gasteiger partial charge on any atom is 0.220 e. The molecule has 2 rings (SSSR count). The van der Waals surface area contributed by atoms with Crippen LogP contribution in [0.1, 0.15) is 25.0 Å². The number of carbonyl (C=O) groups excluding carboxylic acids is 1. The predicted octanol–water partition coefficient (Wildman–Crippen LogP) is 1.77. The van der Waals surface area contributed by atoms with E-state index in [0.29, 0.717) is 25.3 Å². The number of nitrogens with two attached hydrogens (primary N) is 1. The van der Waals surface area contributed by atoms with Gasteiger partial charge >= 0.3 is 0 Å². The minimum atomic E-state index is 0. The third kappa shape index (κ3) is 6.00. The molecule has 1 fully saturated rings. The Morgan fingerprint density at radius 2 is 2.28 bits per heavy atom. The van der Waals surface area contributed by atoms with Crippen molar-refractivity contribution in [2.75, 3.05) is 6.54 Å². The molecule has 0 bridgehead atoms. The van der Waals surface area contributed by atoms with Gasteiger partial charge in [-0.1, -0.05) is 0 Å². The molecule has 1 atom stereocenters. The number of thiazole rings is 1. The average molecular weight is 312 g/mol. The number of rotatable bonds is 6. The molecule has 7 heteroatoms. The van der Waals surface area contributed by atoms with Gasteiger partial charge in [-0.25, -0.2) is 4.98 Å². The number of halogens is 2. The first-order chi connectivity index (χ1) is 7.75. The van der Waals surface area contributed by atoms with E-state index in [9.17, 15) is 4.79 Å². The van der Waals surface area contributed by atoms with Gasteiger partial charge in [0.05, 0.1) is 11.2 Å². The number of nitrogens with zero attached hydrogens (tertiary/aromatic N) is 1. The fraction of sp³-hybridized carbons (Fsp3) is 0.636. The van der Waals surface area contributed by atoms with E-state index in [1.807, 2.05) is 5.38 Å². The number of nitrogens with one attached hydrogen (secondary N) is 1. The third-order valence-electron chi connectivity index (χ3n) is 2.85. The number of amides is 1. The second-order valence-electron chi connectivity index (χ2n) is 4.29. The molecule has 0 aliphatic heterocycles. The van der Waals surface area contributed by atoms with Crippen molar-refractivity contribution in [2.24, 2.45) is 11.7 Å². The highest BCUT2D eigenvalue weighted by atomic mass is 35.5. The monoisotopic (exact) mass is 311 g/mol. The summed E-state index contributed by atoms with van der Waals surface area (Å²) in [6, 6.07) is 0.142. The summed E-state index contributed by atoms with van der Waals surface area (Å²) < 4.78 is 0. The zero-order valence-electron chi connectivity index (χ0n) is 10.0. The van der Waals surface area contributed by atoms with E-state index in [4.69, 9.17) is 5.73 Å². The van der Waals surface area contributed by atoms with Crippen LogP contribution in [-0.4, -0.2) is 23.5 Å². The Kier molecular flexibility index (Phi) is 8.52. The fourth-order valence-electron chi connectivity index (χ4n) is 1.61. The number of aromatic nitrogens is 1. The molecule has 1 aromatic rings. The van der Waals surface area contributed by atoms with Crippen LogP contribution in [0.4, 0.5) is 0 Å².